The fraction of sp³-hybridized carbons (Fsp3) is 0.217. The van der Waals surface area contributed by atoms with Gasteiger partial charge in [-0.05, 0) is 114 Å². The first-order valence-corrected chi connectivity index (χ1v) is 18.1. The lowest BCUT2D eigenvalue weighted by Crippen LogP contribution is -2.65. The van der Waals surface area contributed by atoms with Gasteiger partial charge in [0.15, 0.2) is 0 Å². The van der Waals surface area contributed by atoms with Crippen molar-refractivity contribution in [3.63, 3.8) is 0 Å². The summed E-state index contributed by atoms with van der Waals surface area (Å²) in [6.07, 6.45) is 5.04. The van der Waals surface area contributed by atoms with Gasteiger partial charge < -0.3 is 9.80 Å². The largest absolute Gasteiger partial charge is 0.335 e. The molecular weight excluding hydrogens is 591 g/mol. The average Bonchev–Trinajstić information content (AvgIpc) is 3.36. The summed E-state index contributed by atoms with van der Waals surface area (Å²) in [7, 11) is 0. The maximum atomic E-state index is 2.84. The molecule has 0 saturated heterocycles. The molecule has 6 aromatic rings. The molecule has 3 heterocycles. The number of hydrogen-bond acceptors (Lipinski definition) is 2. The zero-order valence-electron chi connectivity index (χ0n) is 28.9. The van der Waals surface area contributed by atoms with Crippen molar-refractivity contribution in [2.45, 2.75) is 64.3 Å². The highest BCUT2D eigenvalue weighted by molar-refractivity contribution is 7.00. The molecule has 0 aromatic heterocycles. The Kier molecular flexibility index (Phi) is 6.05. The summed E-state index contributed by atoms with van der Waals surface area (Å²) in [5.41, 5.74) is 20.6. The number of aryl methyl sites for hydroxylation is 2. The van der Waals surface area contributed by atoms with E-state index in [0.29, 0.717) is 0 Å². The van der Waals surface area contributed by atoms with Crippen LogP contribution in [-0.2, 0) is 5.41 Å². The maximum absolute atomic E-state index is 2.84. The fourth-order valence-electron chi connectivity index (χ4n) is 10.5. The molecule has 4 aliphatic rings. The Morgan fingerprint density at radius 3 is 1.96 bits per heavy atom. The first kappa shape index (κ1) is 28.9. The Bertz CT molecular complexity index is 2310. The topological polar surface area (TPSA) is 6.48 Å². The molecule has 0 N–H and O–H groups in total. The molecule has 0 bridgehead atoms. The van der Waals surface area contributed by atoms with E-state index in [-0.39, 0.29) is 17.7 Å². The number of nitrogens with zero attached hydrogens (tertiary/aromatic N) is 2. The molecule has 2 atom stereocenters. The van der Waals surface area contributed by atoms with E-state index in [1.807, 2.05) is 0 Å². The minimum absolute atomic E-state index is 0.0243. The van der Waals surface area contributed by atoms with Crippen LogP contribution in [0.5, 0.6) is 0 Å². The van der Waals surface area contributed by atoms with Crippen LogP contribution in [0.25, 0.3) is 22.3 Å². The van der Waals surface area contributed by atoms with E-state index in [2.05, 4.69) is 165 Å². The van der Waals surface area contributed by atoms with Crippen molar-refractivity contribution in [1.82, 2.24) is 0 Å². The molecular formula is C46H41BN2. The molecule has 1 fully saturated rings. The minimum Gasteiger partial charge on any atom is -0.335 e. The Hall–Kier alpha value is -5.02. The van der Waals surface area contributed by atoms with Gasteiger partial charge in [0.2, 0.25) is 0 Å². The molecule has 1 saturated carbocycles. The Morgan fingerprint density at radius 1 is 0.551 bits per heavy atom. The van der Waals surface area contributed by atoms with Crippen LogP contribution in [0.15, 0.2) is 127 Å². The van der Waals surface area contributed by atoms with Gasteiger partial charge in [-0.15, -0.1) is 0 Å². The van der Waals surface area contributed by atoms with Crippen molar-refractivity contribution >= 4 is 51.5 Å². The second-order valence-corrected chi connectivity index (χ2v) is 15.3. The first-order valence-electron chi connectivity index (χ1n) is 18.1. The molecule has 0 amide bonds. The fourth-order valence-corrected chi connectivity index (χ4v) is 10.5. The lowest BCUT2D eigenvalue weighted by Gasteiger charge is -2.52. The summed E-state index contributed by atoms with van der Waals surface area (Å²) >= 11 is 0. The second kappa shape index (κ2) is 10.2. The van der Waals surface area contributed by atoms with E-state index in [0.717, 1.165) is 0 Å². The highest BCUT2D eigenvalue weighted by Gasteiger charge is 2.62. The summed E-state index contributed by atoms with van der Waals surface area (Å²) in [6.45, 7) is 10.1. The summed E-state index contributed by atoms with van der Waals surface area (Å²) in [4.78, 5) is 5.41. The zero-order valence-corrected chi connectivity index (χ0v) is 28.9. The van der Waals surface area contributed by atoms with E-state index in [4.69, 9.17) is 0 Å². The quantitative estimate of drug-likeness (QED) is 0.179. The van der Waals surface area contributed by atoms with Gasteiger partial charge in [-0.3, -0.25) is 0 Å². The van der Waals surface area contributed by atoms with E-state index < -0.39 is 0 Å². The molecule has 3 heteroatoms. The van der Waals surface area contributed by atoms with Crippen molar-refractivity contribution in [3.05, 3.63) is 144 Å². The van der Waals surface area contributed by atoms with Crippen LogP contribution in [0.3, 0.4) is 0 Å². The molecule has 2 unspecified atom stereocenters. The molecule has 3 aliphatic heterocycles. The Labute approximate surface area is 291 Å². The molecule has 0 radical (unpaired) electrons. The van der Waals surface area contributed by atoms with Crippen LogP contribution < -0.4 is 26.2 Å². The average molecular weight is 633 g/mol. The van der Waals surface area contributed by atoms with E-state index in [9.17, 15) is 0 Å². The predicted octanol–water partition coefficient (Wildman–Crippen LogP) is 9.99. The zero-order chi connectivity index (χ0) is 33.1. The lowest BCUT2D eigenvalue weighted by molar-refractivity contribution is 0.194. The standard InChI is InChI=1S/C46H41BN2/c1-30-27-31(2)42-44-41(30)45(3)25-11-12-26-46(45,4)49(44)39-22-14-21-38-43(39)47(42)37-24-23-35(33-17-9-6-10-18-33)29-40(37)48(38)36-20-13-19-34(28-36)32-15-7-5-8-16-32/h5-10,13-24,27-29H,11-12,25-26H2,1-4H3. The second-order valence-electron chi connectivity index (χ2n) is 15.3. The number of anilines is 5. The SMILES string of the molecule is Cc1cc(C)c2c3c1B1c4ccc(-c5ccccc5)cc4N(c4cccc(-c5ccccc5)c4)c4cccc(c41)N3C1(C)CCCCC21C. The predicted molar refractivity (Wildman–Crippen MR) is 209 cm³/mol. The monoisotopic (exact) mass is 632 g/mol. The Balaban J connectivity index is 1.29. The molecule has 10 rings (SSSR count). The number of fused-ring (bicyclic) bond motifs is 7. The van der Waals surface area contributed by atoms with Crippen molar-refractivity contribution in [1.29, 1.82) is 0 Å². The minimum atomic E-state index is 0.0243. The van der Waals surface area contributed by atoms with Crippen LogP contribution in [0.1, 0.15) is 56.2 Å². The van der Waals surface area contributed by atoms with Crippen LogP contribution in [0.4, 0.5) is 28.4 Å². The highest BCUT2D eigenvalue weighted by Crippen LogP contribution is 2.62. The highest BCUT2D eigenvalue weighted by atomic mass is 15.3. The normalized spacial score (nSPS) is 21.2. The maximum Gasteiger partial charge on any atom is 0.252 e. The molecule has 238 valence electrons. The molecule has 0 spiro atoms. The number of hydrogen-bond donors (Lipinski definition) is 0. The van der Waals surface area contributed by atoms with Gasteiger partial charge in [0.25, 0.3) is 6.71 Å². The summed E-state index contributed by atoms with van der Waals surface area (Å²) in [5.74, 6) is 0. The molecule has 6 aromatic carbocycles. The number of benzene rings is 6. The van der Waals surface area contributed by atoms with Crippen molar-refractivity contribution in [2.24, 2.45) is 0 Å². The van der Waals surface area contributed by atoms with Crippen LogP contribution in [-0.4, -0.2) is 12.3 Å². The van der Waals surface area contributed by atoms with Gasteiger partial charge >= 0.3 is 0 Å². The van der Waals surface area contributed by atoms with Crippen molar-refractivity contribution in [3.8, 4) is 22.3 Å². The van der Waals surface area contributed by atoms with E-state index in [1.165, 1.54) is 104 Å². The van der Waals surface area contributed by atoms with Gasteiger partial charge in [-0.2, -0.15) is 0 Å². The third-order valence-corrected chi connectivity index (χ3v) is 12.8. The van der Waals surface area contributed by atoms with Crippen molar-refractivity contribution < 1.29 is 0 Å². The van der Waals surface area contributed by atoms with Crippen LogP contribution >= 0.6 is 0 Å². The molecule has 49 heavy (non-hydrogen) atoms. The third kappa shape index (κ3) is 3.79. The van der Waals surface area contributed by atoms with Gasteiger partial charge in [-0.1, -0.05) is 122 Å². The summed E-state index contributed by atoms with van der Waals surface area (Å²) in [6, 6.07) is 47.7. The Morgan fingerprint density at radius 2 is 1.20 bits per heavy atom. The van der Waals surface area contributed by atoms with E-state index in [1.54, 1.807) is 5.56 Å². The van der Waals surface area contributed by atoms with Crippen molar-refractivity contribution in [2.75, 3.05) is 9.80 Å². The van der Waals surface area contributed by atoms with Gasteiger partial charge in [0.05, 0.1) is 5.54 Å². The lowest BCUT2D eigenvalue weighted by atomic mass is 9.32. The van der Waals surface area contributed by atoms with Crippen LogP contribution in [0.2, 0.25) is 0 Å². The molecule has 1 aliphatic carbocycles. The van der Waals surface area contributed by atoms with Crippen LogP contribution in [0, 0.1) is 13.8 Å². The smallest absolute Gasteiger partial charge is 0.252 e. The first-order chi connectivity index (χ1) is 23.9. The van der Waals surface area contributed by atoms with Gasteiger partial charge in [-0.25, -0.2) is 0 Å². The summed E-state index contributed by atoms with van der Waals surface area (Å²) in [5, 5.41) is 0. The van der Waals surface area contributed by atoms with Gasteiger partial charge in [0.1, 0.15) is 0 Å². The van der Waals surface area contributed by atoms with E-state index >= 15 is 0 Å². The number of rotatable bonds is 3. The third-order valence-electron chi connectivity index (χ3n) is 12.8. The molecule has 2 nitrogen and oxygen atoms in total. The summed E-state index contributed by atoms with van der Waals surface area (Å²) < 4.78 is 0. The van der Waals surface area contributed by atoms with Gasteiger partial charge in [0, 0.05) is 33.9 Å².